The number of hydrogen-bond donors (Lipinski definition) is 3. The second-order valence-corrected chi connectivity index (χ2v) is 9.56. The van der Waals surface area contributed by atoms with Crippen molar-refractivity contribution in [2.45, 2.75) is 19.8 Å². The number of fused-ring (bicyclic) bond motifs is 1. The molecule has 0 spiro atoms. The number of aromatic nitrogens is 6. The second-order valence-electron chi connectivity index (χ2n) is 9.56. The number of H-pyrrole nitrogens is 2. The van der Waals surface area contributed by atoms with Gasteiger partial charge < -0.3 is 10.3 Å². The van der Waals surface area contributed by atoms with Crippen LogP contribution in [0.3, 0.4) is 0 Å². The van der Waals surface area contributed by atoms with E-state index in [0.717, 1.165) is 24.2 Å². The Bertz CT molecular complexity index is 1780. The van der Waals surface area contributed by atoms with Crippen LogP contribution >= 0.6 is 0 Å². The van der Waals surface area contributed by atoms with Gasteiger partial charge in [-0.2, -0.15) is 5.10 Å². The molecule has 0 bridgehead atoms. The Labute approximate surface area is 223 Å². The smallest absolute Gasteiger partial charge is 0.184 e. The molecule has 0 radical (unpaired) electrons. The van der Waals surface area contributed by atoms with E-state index in [2.05, 4.69) is 43.6 Å². The van der Waals surface area contributed by atoms with E-state index in [-0.39, 0.29) is 22.4 Å². The normalized spacial score (nSPS) is 13.6. The van der Waals surface area contributed by atoms with Gasteiger partial charge >= 0.3 is 0 Å². The number of pyridine rings is 2. The highest BCUT2D eigenvalue weighted by Crippen LogP contribution is 2.37. The van der Waals surface area contributed by atoms with E-state index < -0.39 is 5.82 Å². The summed E-state index contributed by atoms with van der Waals surface area (Å²) < 4.78 is 30.1. The van der Waals surface area contributed by atoms with Crippen LogP contribution in [0.15, 0.2) is 79.9 Å². The third-order valence-corrected chi connectivity index (χ3v) is 6.74. The maximum Gasteiger partial charge on any atom is 0.184 e. The van der Waals surface area contributed by atoms with Gasteiger partial charge in [-0.05, 0) is 49.4 Å². The van der Waals surface area contributed by atoms with E-state index in [4.69, 9.17) is 4.98 Å². The van der Waals surface area contributed by atoms with Crippen molar-refractivity contribution in [1.82, 2.24) is 30.1 Å². The molecule has 5 aromatic rings. The lowest BCUT2D eigenvalue weighted by atomic mass is 10.0. The summed E-state index contributed by atoms with van der Waals surface area (Å²) >= 11 is 0. The van der Waals surface area contributed by atoms with Gasteiger partial charge in [-0.3, -0.25) is 10.1 Å². The van der Waals surface area contributed by atoms with Crippen molar-refractivity contribution in [2.75, 3.05) is 5.32 Å². The van der Waals surface area contributed by atoms with Crippen molar-refractivity contribution in [2.24, 2.45) is 5.92 Å². The Balaban J connectivity index is 1.41. The van der Waals surface area contributed by atoms with E-state index in [0.29, 0.717) is 45.5 Å². The van der Waals surface area contributed by atoms with E-state index in [1.807, 2.05) is 13.0 Å². The fourth-order valence-electron chi connectivity index (χ4n) is 4.63. The van der Waals surface area contributed by atoms with Crippen molar-refractivity contribution in [1.29, 1.82) is 0 Å². The van der Waals surface area contributed by atoms with Crippen molar-refractivity contribution in [3.8, 4) is 22.6 Å². The van der Waals surface area contributed by atoms with E-state index in [1.54, 1.807) is 36.7 Å². The Morgan fingerprint density at radius 1 is 1.15 bits per heavy atom. The topological polar surface area (TPSA) is 95.2 Å². The zero-order chi connectivity index (χ0) is 27.1. The molecule has 3 N–H and O–H groups in total. The highest BCUT2D eigenvalue weighted by atomic mass is 19.1. The number of imidazole rings is 1. The van der Waals surface area contributed by atoms with Crippen LogP contribution in [0.5, 0.6) is 0 Å². The summed E-state index contributed by atoms with van der Waals surface area (Å²) in [6.45, 7) is 9.73. The van der Waals surface area contributed by atoms with Gasteiger partial charge in [-0.15, -0.1) is 0 Å². The third kappa shape index (κ3) is 4.63. The standard InChI is InChI=1S/C30H25F2N7/c1-4-6-23(19-7-5-8-21(31)11-19)27-17(3)36-30(37-27)28-25-26(32)24(15-34-29(25)39-38-28)20-12-22(14-33-13-20)35-16(2)18-9-10-18/h4-8,11-15,18,35H,1-2,9-10H2,3H3,(H,36,37)(H,34,38,39)/b23-6-. The lowest BCUT2D eigenvalue weighted by Gasteiger charge is -2.10. The minimum absolute atomic E-state index is 0.202. The number of aryl methyl sites for hydroxylation is 1. The number of nitrogens with zero attached hydrogens (tertiary/aromatic N) is 4. The minimum Gasteiger partial charge on any atom is -0.358 e. The summed E-state index contributed by atoms with van der Waals surface area (Å²) in [5, 5.41) is 10.6. The highest BCUT2D eigenvalue weighted by Gasteiger charge is 2.25. The SMILES string of the molecule is C=C/C=C(/c1cccc(F)c1)c1nc(-c2[nH]nc3ncc(-c4cncc(NC(=C)C5CC5)c4)c(F)c23)[nH]c1C. The Morgan fingerprint density at radius 2 is 2.00 bits per heavy atom. The number of allylic oxidation sites excluding steroid dienone is 3. The number of benzene rings is 1. The van der Waals surface area contributed by atoms with Crippen molar-refractivity contribution >= 4 is 22.3 Å². The minimum atomic E-state index is -0.494. The van der Waals surface area contributed by atoms with Gasteiger partial charge in [0.1, 0.15) is 17.3 Å². The zero-order valence-electron chi connectivity index (χ0n) is 21.2. The molecule has 1 aromatic carbocycles. The van der Waals surface area contributed by atoms with Gasteiger partial charge in [0.25, 0.3) is 0 Å². The summed E-state index contributed by atoms with van der Waals surface area (Å²) in [5.41, 5.74) is 5.73. The number of hydrogen-bond acceptors (Lipinski definition) is 5. The molecule has 0 aliphatic heterocycles. The van der Waals surface area contributed by atoms with Gasteiger partial charge in [-0.25, -0.2) is 18.7 Å². The monoisotopic (exact) mass is 521 g/mol. The van der Waals surface area contributed by atoms with Crippen LogP contribution in [0.2, 0.25) is 0 Å². The van der Waals surface area contributed by atoms with Gasteiger partial charge in [0, 0.05) is 40.5 Å². The van der Waals surface area contributed by atoms with Crippen LogP contribution in [0.1, 0.15) is 29.8 Å². The van der Waals surface area contributed by atoms with Crippen LogP contribution in [0, 0.1) is 24.5 Å². The molecule has 1 aliphatic rings. The lowest BCUT2D eigenvalue weighted by molar-refractivity contribution is 0.627. The number of anilines is 1. The van der Waals surface area contributed by atoms with E-state index >= 15 is 4.39 Å². The fourth-order valence-corrected chi connectivity index (χ4v) is 4.63. The van der Waals surface area contributed by atoms with Gasteiger partial charge in [0.2, 0.25) is 0 Å². The zero-order valence-corrected chi connectivity index (χ0v) is 21.2. The largest absolute Gasteiger partial charge is 0.358 e. The van der Waals surface area contributed by atoms with Crippen LogP contribution < -0.4 is 5.32 Å². The molecule has 9 heteroatoms. The molecule has 39 heavy (non-hydrogen) atoms. The van der Waals surface area contributed by atoms with Crippen LogP contribution in [-0.4, -0.2) is 30.1 Å². The molecule has 1 aliphatic carbocycles. The second kappa shape index (κ2) is 9.75. The molecule has 194 valence electrons. The Hall–Kier alpha value is -4.92. The van der Waals surface area contributed by atoms with Crippen molar-refractivity contribution < 1.29 is 8.78 Å². The molecule has 0 saturated heterocycles. The van der Waals surface area contributed by atoms with E-state index in [9.17, 15) is 4.39 Å². The molecule has 1 fully saturated rings. The first-order chi connectivity index (χ1) is 18.9. The van der Waals surface area contributed by atoms with E-state index in [1.165, 1.54) is 18.3 Å². The Kier molecular flexibility index (Phi) is 6.11. The van der Waals surface area contributed by atoms with Crippen LogP contribution in [0.25, 0.3) is 39.3 Å². The first kappa shape index (κ1) is 24.4. The summed E-state index contributed by atoms with van der Waals surface area (Å²) in [4.78, 5) is 16.6. The molecule has 7 nitrogen and oxygen atoms in total. The number of halogens is 2. The number of aromatic amines is 2. The molecule has 4 heterocycles. The maximum absolute atomic E-state index is 16.1. The summed E-state index contributed by atoms with van der Waals surface area (Å²) in [5.74, 6) is -0.00202. The molecular weight excluding hydrogens is 496 g/mol. The van der Waals surface area contributed by atoms with Crippen LogP contribution in [-0.2, 0) is 0 Å². The van der Waals surface area contributed by atoms with Gasteiger partial charge in [-0.1, -0.05) is 37.4 Å². The Morgan fingerprint density at radius 3 is 2.77 bits per heavy atom. The lowest BCUT2D eigenvalue weighted by Crippen LogP contribution is -2.00. The molecule has 0 amide bonds. The first-order valence-corrected chi connectivity index (χ1v) is 12.5. The quantitative estimate of drug-likeness (QED) is 0.192. The molecule has 0 unspecified atom stereocenters. The maximum atomic E-state index is 16.1. The molecular formula is C30H25F2N7. The van der Waals surface area contributed by atoms with Gasteiger partial charge in [0.05, 0.1) is 23.0 Å². The number of rotatable bonds is 8. The first-order valence-electron chi connectivity index (χ1n) is 12.5. The van der Waals surface area contributed by atoms with Gasteiger partial charge in [0.15, 0.2) is 11.5 Å². The predicted octanol–water partition coefficient (Wildman–Crippen LogP) is 6.95. The molecule has 1 saturated carbocycles. The summed E-state index contributed by atoms with van der Waals surface area (Å²) in [7, 11) is 0. The fraction of sp³-hybridized carbons (Fsp3) is 0.133. The average Bonchev–Trinajstić information content (AvgIpc) is 3.58. The summed E-state index contributed by atoms with van der Waals surface area (Å²) in [6, 6.07) is 8.07. The third-order valence-electron chi connectivity index (χ3n) is 6.74. The van der Waals surface area contributed by atoms with Crippen molar-refractivity contribution in [3.05, 3.63) is 109 Å². The van der Waals surface area contributed by atoms with Crippen LogP contribution in [0.4, 0.5) is 14.5 Å². The number of nitrogens with one attached hydrogen (secondary N) is 3. The molecule has 6 rings (SSSR count). The highest BCUT2D eigenvalue weighted by molar-refractivity contribution is 5.93. The summed E-state index contributed by atoms with van der Waals surface area (Å²) in [6.07, 6.45) is 10.4. The molecule has 0 atom stereocenters. The average molecular weight is 522 g/mol. The van der Waals surface area contributed by atoms with Crippen molar-refractivity contribution in [3.63, 3.8) is 0 Å². The predicted molar refractivity (Wildman–Crippen MR) is 149 cm³/mol. The molecule has 4 aromatic heterocycles.